The van der Waals surface area contributed by atoms with Crippen molar-refractivity contribution < 1.29 is 4.74 Å². The third-order valence-electron chi connectivity index (χ3n) is 4.45. The molecule has 126 valence electrons. The third kappa shape index (κ3) is 5.04. The first-order chi connectivity index (χ1) is 11.3. The average Bonchev–Trinajstić information content (AvgIpc) is 2.94. The van der Waals surface area contributed by atoms with Crippen LogP contribution >= 0.6 is 12.2 Å². The maximum absolute atomic E-state index is 5.58. The lowest BCUT2D eigenvalue weighted by molar-refractivity contribution is 0.114. The van der Waals surface area contributed by atoms with Crippen molar-refractivity contribution in [3.63, 3.8) is 0 Å². The second-order valence-electron chi connectivity index (χ2n) is 6.28. The van der Waals surface area contributed by atoms with Gasteiger partial charge in [-0.1, -0.05) is 12.8 Å². The number of thiocarbonyl (C=S) groups is 1. The van der Waals surface area contributed by atoms with Crippen molar-refractivity contribution in [1.82, 2.24) is 10.3 Å². The van der Waals surface area contributed by atoms with Gasteiger partial charge in [0, 0.05) is 26.2 Å². The predicted molar refractivity (Wildman–Crippen MR) is 98.1 cm³/mol. The Morgan fingerprint density at radius 3 is 2.70 bits per heavy atom. The lowest BCUT2D eigenvalue weighted by Gasteiger charge is -2.21. The van der Waals surface area contributed by atoms with Crippen LogP contribution in [0.3, 0.4) is 0 Å². The Morgan fingerprint density at radius 2 is 2.04 bits per heavy atom. The van der Waals surface area contributed by atoms with E-state index in [1.54, 1.807) is 0 Å². The Hall–Kier alpha value is -1.40. The molecule has 2 N–H and O–H groups in total. The van der Waals surface area contributed by atoms with Crippen LogP contribution in [0, 0.1) is 0 Å². The highest BCUT2D eigenvalue weighted by Crippen LogP contribution is 2.18. The van der Waals surface area contributed by atoms with Crippen molar-refractivity contribution in [3.8, 4) is 0 Å². The van der Waals surface area contributed by atoms with Gasteiger partial charge in [-0.15, -0.1) is 0 Å². The Balaban J connectivity index is 1.47. The van der Waals surface area contributed by atoms with Crippen LogP contribution in [-0.4, -0.2) is 42.4 Å². The van der Waals surface area contributed by atoms with Crippen molar-refractivity contribution in [3.05, 3.63) is 18.3 Å². The highest BCUT2D eigenvalue weighted by molar-refractivity contribution is 7.80. The van der Waals surface area contributed by atoms with E-state index in [4.69, 9.17) is 17.0 Å². The molecule has 0 unspecified atom stereocenters. The van der Waals surface area contributed by atoms with Gasteiger partial charge >= 0.3 is 0 Å². The molecule has 1 atom stereocenters. The second kappa shape index (κ2) is 8.45. The van der Waals surface area contributed by atoms with Gasteiger partial charge in [-0.25, -0.2) is 4.98 Å². The van der Waals surface area contributed by atoms with Crippen molar-refractivity contribution in [2.75, 3.05) is 36.5 Å². The predicted octanol–water partition coefficient (Wildman–Crippen LogP) is 2.93. The van der Waals surface area contributed by atoms with Crippen LogP contribution in [0.4, 0.5) is 11.5 Å². The first kappa shape index (κ1) is 16.5. The van der Waals surface area contributed by atoms with Crippen LogP contribution in [0.25, 0.3) is 0 Å². The average molecular weight is 334 g/mol. The standard InChI is InChI=1S/C17H26N4OS/c23-17(19-13-15-6-5-11-22-15)20-14-7-8-16(18-12-14)21-9-3-1-2-4-10-21/h7-8,12,15H,1-6,9-11,13H2,(H2,19,20,23)/t15-/m0/s1. The number of hydrogen-bond acceptors (Lipinski definition) is 4. The molecule has 0 bridgehead atoms. The van der Waals surface area contributed by atoms with Gasteiger partial charge in [-0.3, -0.25) is 0 Å². The van der Waals surface area contributed by atoms with Crippen LogP contribution in [0.15, 0.2) is 18.3 Å². The van der Waals surface area contributed by atoms with Crippen LogP contribution < -0.4 is 15.5 Å². The van der Waals surface area contributed by atoms with Crippen molar-refractivity contribution >= 4 is 28.8 Å². The van der Waals surface area contributed by atoms with Gasteiger partial charge in [0.15, 0.2) is 5.11 Å². The summed E-state index contributed by atoms with van der Waals surface area (Å²) in [4.78, 5) is 6.97. The fraction of sp³-hybridized carbons (Fsp3) is 0.647. The van der Waals surface area contributed by atoms with Crippen molar-refractivity contribution in [2.45, 2.75) is 44.6 Å². The first-order valence-electron chi connectivity index (χ1n) is 8.69. The molecule has 2 fully saturated rings. The molecule has 3 heterocycles. The number of nitrogens with zero attached hydrogens (tertiary/aromatic N) is 2. The summed E-state index contributed by atoms with van der Waals surface area (Å²) in [6, 6.07) is 4.13. The summed E-state index contributed by atoms with van der Waals surface area (Å²) in [5.41, 5.74) is 0.924. The molecule has 23 heavy (non-hydrogen) atoms. The molecule has 0 spiro atoms. The molecule has 6 heteroatoms. The molecule has 0 radical (unpaired) electrons. The topological polar surface area (TPSA) is 49.4 Å². The van der Waals surface area contributed by atoms with E-state index in [2.05, 4.69) is 26.6 Å². The Kier molecular flexibility index (Phi) is 6.05. The molecule has 1 aromatic heterocycles. The molecule has 0 aromatic carbocycles. The van der Waals surface area contributed by atoms with E-state index in [-0.39, 0.29) is 0 Å². The first-order valence-corrected chi connectivity index (χ1v) is 9.09. The zero-order valence-electron chi connectivity index (χ0n) is 13.6. The van der Waals surface area contributed by atoms with Crippen molar-refractivity contribution in [1.29, 1.82) is 0 Å². The Labute approximate surface area is 143 Å². The summed E-state index contributed by atoms with van der Waals surface area (Å²) < 4.78 is 5.58. The fourth-order valence-electron chi connectivity index (χ4n) is 3.13. The molecule has 2 aliphatic heterocycles. The maximum Gasteiger partial charge on any atom is 0.170 e. The van der Waals surface area contributed by atoms with E-state index in [0.29, 0.717) is 11.2 Å². The zero-order valence-corrected chi connectivity index (χ0v) is 14.4. The highest BCUT2D eigenvalue weighted by Gasteiger charge is 2.15. The summed E-state index contributed by atoms with van der Waals surface area (Å²) in [5, 5.41) is 7.04. The molecular weight excluding hydrogens is 308 g/mol. The van der Waals surface area contributed by atoms with Crippen LogP contribution in [0.2, 0.25) is 0 Å². The van der Waals surface area contributed by atoms with E-state index < -0.39 is 0 Å². The summed E-state index contributed by atoms with van der Waals surface area (Å²) in [6.07, 6.45) is 9.61. The lowest BCUT2D eigenvalue weighted by atomic mass is 10.2. The van der Waals surface area contributed by atoms with Gasteiger partial charge < -0.3 is 20.3 Å². The van der Waals surface area contributed by atoms with Gasteiger partial charge in [0.1, 0.15) is 5.82 Å². The third-order valence-corrected chi connectivity index (χ3v) is 4.70. The van der Waals surface area contributed by atoms with E-state index in [1.165, 1.54) is 25.7 Å². The molecule has 2 saturated heterocycles. The normalized spacial score (nSPS) is 21.7. The number of hydrogen-bond donors (Lipinski definition) is 2. The van der Waals surface area contributed by atoms with Gasteiger partial charge in [-0.2, -0.15) is 0 Å². The monoisotopic (exact) mass is 334 g/mol. The lowest BCUT2D eigenvalue weighted by Crippen LogP contribution is -2.34. The molecule has 1 aromatic rings. The van der Waals surface area contributed by atoms with Gasteiger partial charge in [0.05, 0.1) is 18.0 Å². The van der Waals surface area contributed by atoms with Crippen molar-refractivity contribution in [2.24, 2.45) is 0 Å². The molecule has 3 rings (SSSR count). The number of nitrogens with one attached hydrogen (secondary N) is 2. The zero-order chi connectivity index (χ0) is 15.9. The van der Waals surface area contributed by atoms with Crippen LogP contribution in [-0.2, 0) is 4.74 Å². The molecule has 0 aliphatic carbocycles. The molecule has 5 nitrogen and oxygen atoms in total. The summed E-state index contributed by atoms with van der Waals surface area (Å²) in [5.74, 6) is 1.07. The second-order valence-corrected chi connectivity index (χ2v) is 6.68. The van der Waals surface area contributed by atoms with Crippen LogP contribution in [0.5, 0.6) is 0 Å². The number of ether oxygens (including phenoxy) is 1. The minimum absolute atomic E-state index is 0.290. The summed E-state index contributed by atoms with van der Waals surface area (Å²) >= 11 is 5.33. The van der Waals surface area contributed by atoms with E-state index in [1.807, 2.05) is 12.3 Å². The smallest absolute Gasteiger partial charge is 0.170 e. The van der Waals surface area contributed by atoms with E-state index in [0.717, 1.165) is 50.6 Å². The maximum atomic E-state index is 5.58. The summed E-state index contributed by atoms with van der Waals surface area (Å²) in [6.45, 7) is 3.86. The fourth-order valence-corrected chi connectivity index (χ4v) is 3.34. The number of pyridine rings is 1. The number of anilines is 2. The van der Waals surface area contributed by atoms with E-state index in [9.17, 15) is 0 Å². The van der Waals surface area contributed by atoms with Gasteiger partial charge in [-0.05, 0) is 50.0 Å². The minimum atomic E-state index is 0.290. The molecule has 0 amide bonds. The molecule has 2 aliphatic rings. The van der Waals surface area contributed by atoms with E-state index >= 15 is 0 Å². The quantitative estimate of drug-likeness (QED) is 0.826. The van der Waals surface area contributed by atoms with Crippen LogP contribution in [0.1, 0.15) is 38.5 Å². The Bertz CT molecular complexity index is 494. The number of aromatic nitrogens is 1. The SMILES string of the molecule is S=C(NC[C@@H]1CCCO1)Nc1ccc(N2CCCCCC2)nc1. The number of rotatable bonds is 4. The Morgan fingerprint density at radius 1 is 1.22 bits per heavy atom. The minimum Gasteiger partial charge on any atom is -0.376 e. The molecule has 0 saturated carbocycles. The highest BCUT2D eigenvalue weighted by atomic mass is 32.1. The van der Waals surface area contributed by atoms with Gasteiger partial charge in [0.2, 0.25) is 0 Å². The molecular formula is C17H26N4OS. The van der Waals surface area contributed by atoms with Gasteiger partial charge in [0.25, 0.3) is 0 Å². The largest absolute Gasteiger partial charge is 0.376 e. The summed E-state index contributed by atoms with van der Waals surface area (Å²) in [7, 11) is 0.